The zero-order valence-corrected chi connectivity index (χ0v) is 10.7. The molecule has 0 aliphatic carbocycles. The second-order valence-electron chi connectivity index (χ2n) is 3.93. The maximum absolute atomic E-state index is 10.6. The monoisotopic (exact) mass is 280 g/mol. The molecule has 0 saturated carbocycles. The van der Waals surface area contributed by atoms with Crippen molar-refractivity contribution in [3.05, 3.63) is 52.6 Å². The Morgan fingerprint density at radius 1 is 1.53 bits per heavy atom. The molecule has 0 radical (unpaired) electrons. The highest BCUT2D eigenvalue weighted by Crippen LogP contribution is 2.27. The molecule has 8 heteroatoms. The normalized spacial score (nSPS) is 22.2. The van der Waals surface area contributed by atoms with E-state index in [1.54, 1.807) is 6.08 Å². The standard InChI is InChI=1S/C11H12N4O3S/c1-2-7-14-10(19)12-13-11(14,16)8-3-5-9(6-4-8)15(17)18/h2-6,13,16H,1,7H2,(H,12,19)/t11-/m0/s1. The van der Waals surface area contributed by atoms with Crippen LogP contribution in [0.2, 0.25) is 0 Å². The number of nitrogens with zero attached hydrogens (tertiary/aromatic N) is 2. The highest BCUT2D eigenvalue weighted by molar-refractivity contribution is 7.80. The van der Waals surface area contributed by atoms with E-state index in [0.717, 1.165) is 0 Å². The van der Waals surface area contributed by atoms with Crippen molar-refractivity contribution in [2.24, 2.45) is 0 Å². The first-order chi connectivity index (χ1) is 8.99. The second-order valence-corrected chi connectivity index (χ2v) is 4.32. The van der Waals surface area contributed by atoms with Crippen LogP contribution in [0.15, 0.2) is 36.9 Å². The number of non-ortho nitro benzene ring substituents is 1. The largest absolute Gasteiger partial charge is 0.353 e. The Hall–Kier alpha value is -2.03. The summed E-state index contributed by atoms with van der Waals surface area (Å²) in [4.78, 5) is 11.6. The topological polar surface area (TPSA) is 90.7 Å². The Morgan fingerprint density at radius 2 is 2.16 bits per heavy atom. The van der Waals surface area contributed by atoms with Gasteiger partial charge in [-0.25, -0.2) is 0 Å². The van der Waals surface area contributed by atoms with Crippen molar-refractivity contribution in [2.45, 2.75) is 5.85 Å². The summed E-state index contributed by atoms with van der Waals surface area (Å²) in [5.41, 5.74) is 5.70. The van der Waals surface area contributed by atoms with Crippen molar-refractivity contribution in [3.8, 4) is 0 Å². The van der Waals surface area contributed by atoms with Gasteiger partial charge in [0.1, 0.15) is 0 Å². The summed E-state index contributed by atoms with van der Waals surface area (Å²) in [5.74, 6) is -1.56. The summed E-state index contributed by atoms with van der Waals surface area (Å²) < 4.78 is 0. The van der Waals surface area contributed by atoms with Crippen molar-refractivity contribution in [2.75, 3.05) is 6.54 Å². The third-order valence-corrected chi connectivity index (χ3v) is 3.09. The Labute approximate surface area is 114 Å². The zero-order chi connectivity index (χ0) is 14.0. The molecule has 100 valence electrons. The van der Waals surface area contributed by atoms with Crippen molar-refractivity contribution < 1.29 is 10.0 Å². The van der Waals surface area contributed by atoms with Gasteiger partial charge in [-0.15, -0.1) is 6.58 Å². The predicted molar refractivity (Wildman–Crippen MR) is 72.8 cm³/mol. The number of thiocarbonyl (C=S) groups is 1. The predicted octanol–water partition coefficient (Wildman–Crippen LogP) is 0.578. The van der Waals surface area contributed by atoms with E-state index in [1.807, 2.05) is 0 Å². The maximum Gasteiger partial charge on any atom is 0.269 e. The lowest BCUT2D eigenvalue weighted by Gasteiger charge is -2.31. The molecule has 0 aromatic heterocycles. The molecule has 0 spiro atoms. The highest BCUT2D eigenvalue weighted by Gasteiger charge is 2.42. The van der Waals surface area contributed by atoms with Gasteiger partial charge >= 0.3 is 0 Å². The average molecular weight is 280 g/mol. The van der Waals surface area contributed by atoms with Crippen LogP contribution in [-0.4, -0.2) is 26.6 Å². The minimum absolute atomic E-state index is 0.0452. The summed E-state index contributed by atoms with van der Waals surface area (Å²) in [7, 11) is 0. The van der Waals surface area contributed by atoms with E-state index in [1.165, 1.54) is 29.2 Å². The van der Waals surface area contributed by atoms with E-state index in [0.29, 0.717) is 17.2 Å². The first kappa shape index (κ1) is 13.4. The minimum atomic E-state index is -1.56. The van der Waals surface area contributed by atoms with Crippen molar-refractivity contribution >= 4 is 23.0 Å². The molecule has 1 fully saturated rings. The minimum Gasteiger partial charge on any atom is -0.353 e. The number of hydrazine groups is 1. The van der Waals surface area contributed by atoms with Crippen LogP contribution >= 0.6 is 12.2 Å². The molecule has 1 aromatic rings. The molecule has 7 nitrogen and oxygen atoms in total. The van der Waals surface area contributed by atoms with Gasteiger partial charge in [0.25, 0.3) is 5.69 Å². The number of nitro benzene ring substituents is 1. The summed E-state index contributed by atoms with van der Waals surface area (Å²) in [6, 6.07) is 5.58. The number of aliphatic hydroxyl groups is 1. The van der Waals surface area contributed by atoms with Crippen LogP contribution < -0.4 is 10.9 Å². The van der Waals surface area contributed by atoms with Crippen molar-refractivity contribution in [3.63, 3.8) is 0 Å². The van der Waals surface area contributed by atoms with E-state index in [4.69, 9.17) is 12.2 Å². The third-order valence-electron chi connectivity index (χ3n) is 2.77. The lowest BCUT2D eigenvalue weighted by molar-refractivity contribution is -0.384. The summed E-state index contributed by atoms with van der Waals surface area (Å²) in [6.45, 7) is 3.92. The Kier molecular flexibility index (Phi) is 3.47. The van der Waals surface area contributed by atoms with Crippen LogP contribution in [0.4, 0.5) is 5.69 Å². The molecule has 0 amide bonds. The molecule has 19 heavy (non-hydrogen) atoms. The Morgan fingerprint density at radius 3 is 2.68 bits per heavy atom. The van der Waals surface area contributed by atoms with E-state index >= 15 is 0 Å². The Bertz CT molecular complexity index is 533. The lowest BCUT2D eigenvalue weighted by Crippen LogP contribution is -2.49. The van der Waals surface area contributed by atoms with Crippen LogP contribution in [-0.2, 0) is 5.85 Å². The van der Waals surface area contributed by atoms with Gasteiger partial charge in [0, 0.05) is 24.2 Å². The molecule has 0 bridgehead atoms. The van der Waals surface area contributed by atoms with Gasteiger partial charge in [-0.3, -0.25) is 20.4 Å². The van der Waals surface area contributed by atoms with Gasteiger partial charge in [-0.05, 0) is 24.4 Å². The highest BCUT2D eigenvalue weighted by atomic mass is 32.1. The van der Waals surface area contributed by atoms with E-state index in [2.05, 4.69) is 17.4 Å². The molecule has 2 rings (SSSR count). The van der Waals surface area contributed by atoms with Gasteiger partial charge in [-0.2, -0.15) is 5.43 Å². The van der Waals surface area contributed by atoms with Crippen molar-refractivity contribution in [1.29, 1.82) is 0 Å². The molecule has 1 aliphatic rings. The van der Waals surface area contributed by atoms with Crippen LogP contribution in [0.25, 0.3) is 0 Å². The van der Waals surface area contributed by atoms with E-state index < -0.39 is 10.8 Å². The number of hydrogen-bond donors (Lipinski definition) is 3. The molecule has 1 aromatic carbocycles. The first-order valence-corrected chi connectivity index (χ1v) is 5.83. The number of hydrogen-bond acceptors (Lipinski definition) is 5. The van der Waals surface area contributed by atoms with Gasteiger partial charge in [0.05, 0.1) is 4.92 Å². The van der Waals surface area contributed by atoms with Crippen LogP contribution in [0.3, 0.4) is 0 Å². The molecule has 1 heterocycles. The zero-order valence-electron chi connectivity index (χ0n) is 9.87. The number of nitro groups is 1. The maximum atomic E-state index is 10.6. The average Bonchev–Trinajstić information content (AvgIpc) is 2.69. The fraction of sp³-hybridized carbons (Fsp3) is 0.182. The SMILES string of the molecule is C=CCN1C(=S)NN[C@@]1(O)c1ccc([N+](=O)[O-])cc1. The van der Waals surface area contributed by atoms with Crippen LogP contribution in [0.1, 0.15) is 5.56 Å². The Balaban J connectivity index is 2.35. The molecule has 1 atom stereocenters. The summed E-state index contributed by atoms with van der Waals surface area (Å²) >= 11 is 5.06. The van der Waals surface area contributed by atoms with E-state index in [-0.39, 0.29) is 5.69 Å². The molecular weight excluding hydrogens is 268 g/mol. The van der Waals surface area contributed by atoms with Gasteiger partial charge in [0.2, 0.25) is 5.85 Å². The number of benzene rings is 1. The van der Waals surface area contributed by atoms with Gasteiger partial charge < -0.3 is 5.11 Å². The van der Waals surface area contributed by atoms with Gasteiger partial charge in [-0.1, -0.05) is 6.08 Å². The smallest absolute Gasteiger partial charge is 0.269 e. The molecule has 1 saturated heterocycles. The van der Waals surface area contributed by atoms with E-state index in [9.17, 15) is 15.2 Å². The van der Waals surface area contributed by atoms with Crippen molar-refractivity contribution in [1.82, 2.24) is 15.8 Å². The molecule has 1 aliphatic heterocycles. The second kappa shape index (κ2) is 4.92. The number of rotatable bonds is 4. The summed E-state index contributed by atoms with van der Waals surface area (Å²) in [5, 5.41) is 21.5. The molecular formula is C11H12N4O3S. The fourth-order valence-electron chi connectivity index (χ4n) is 1.81. The van der Waals surface area contributed by atoms with Gasteiger partial charge in [0.15, 0.2) is 5.11 Å². The lowest BCUT2D eigenvalue weighted by atomic mass is 10.1. The summed E-state index contributed by atoms with van der Waals surface area (Å²) in [6.07, 6.45) is 1.59. The number of nitrogens with one attached hydrogen (secondary N) is 2. The van der Waals surface area contributed by atoms with Crippen LogP contribution in [0.5, 0.6) is 0 Å². The molecule has 3 N–H and O–H groups in total. The van der Waals surface area contributed by atoms with Crippen LogP contribution in [0, 0.1) is 10.1 Å². The quantitative estimate of drug-likeness (QED) is 0.321. The fourth-order valence-corrected chi connectivity index (χ4v) is 2.07. The first-order valence-electron chi connectivity index (χ1n) is 5.42. The third kappa shape index (κ3) is 2.28. The molecule has 0 unspecified atom stereocenters.